The minimum absolute atomic E-state index is 0.0214. The lowest BCUT2D eigenvalue weighted by atomic mass is 10.2. The largest absolute Gasteiger partial charge is 0.468 e. The van der Waals surface area contributed by atoms with Gasteiger partial charge in [0, 0.05) is 0 Å². The van der Waals surface area contributed by atoms with Crippen molar-refractivity contribution in [2.24, 2.45) is 0 Å². The molecule has 13 heavy (non-hydrogen) atoms. The van der Waals surface area contributed by atoms with Crippen molar-refractivity contribution in [1.29, 1.82) is 0 Å². The highest BCUT2D eigenvalue weighted by Crippen LogP contribution is 2.25. The van der Waals surface area contributed by atoms with E-state index in [2.05, 4.69) is 10.1 Å². The summed E-state index contributed by atoms with van der Waals surface area (Å²) in [5, 5.41) is 2.57. The van der Waals surface area contributed by atoms with Crippen LogP contribution in [0.1, 0.15) is 12.8 Å². The molecule has 0 aromatic heterocycles. The summed E-state index contributed by atoms with van der Waals surface area (Å²) in [6.07, 6.45) is 2.00. The minimum Gasteiger partial charge on any atom is -0.468 e. The fourth-order valence-electron chi connectivity index (χ4n) is 1.13. The van der Waals surface area contributed by atoms with Gasteiger partial charge in [-0.2, -0.15) is 0 Å². The molecular weight excluding hydrogens is 190 g/mol. The summed E-state index contributed by atoms with van der Waals surface area (Å²) >= 11 is 1.65. The lowest BCUT2D eigenvalue weighted by Gasteiger charge is -2.08. The number of amides is 1. The Kier molecular flexibility index (Phi) is 4.08. The van der Waals surface area contributed by atoms with Crippen molar-refractivity contribution < 1.29 is 14.3 Å². The number of esters is 1. The lowest BCUT2D eigenvalue weighted by molar-refractivity contribution is -0.141. The van der Waals surface area contributed by atoms with Gasteiger partial charge in [0.15, 0.2) is 0 Å². The number of hydrogen-bond acceptors (Lipinski definition) is 4. The number of thioether (sulfide) groups is 1. The zero-order valence-corrected chi connectivity index (χ0v) is 8.36. The molecule has 1 aliphatic rings. The van der Waals surface area contributed by atoms with Crippen molar-refractivity contribution >= 4 is 23.6 Å². The van der Waals surface area contributed by atoms with E-state index in [9.17, 15) is 9.59 Å². The van der Waals surface area contributed by atoms with Crippen LogP contribution < -0.4 is 5.32 Å². The van der Waals surface area contributed by atoms with E-state index >= 15 is 0 Å². The molecule has 0 saturated carbocycles. The van der Waals surface area contributed by atoms with Crippen LogP contribution >= 0.6 is 11.8 Å². The van der Waals surface area contributed by atoms with E-state index in [0.29, 0.717) is 0 Å². The molecule has 0 aliphatic carbocycles. The summed E-state index contributed by atoms with van der Waals surface area (Å²) < 4.78 is 4.40. The Morgan fingerprint density at radius 1 is 1.62 bits per heavy atom. The fraction of sp³-hybridized carbons (Fsp3) is 0.750. The van der Waals surface area contributed by atoms with E-state index in [1.807, 2.05) is 0 Å². The smallest absolute Gasteiger partial charge is 0.325 e. The second-order valence-corrected chi connectivity index (χ2v) is 4.11. The molecule has 1 atom stereocenters. The summed E-state index contributed by atoms with van der Waals surface area (Å²) in [5.74, 6) is 0.584. The minimum atomic E-state index is -0.406. The van der Waals surface area contributed by atoms with Crippen LogP contribution in [0.25, 0.3) is 0 Å². The van der Waals surface area contributed by atoms with Crippen LogP contribution in [0, 0.1) is 0 Å². The monoisotopic (exact) mass is 203 g/mol. The number of carbonyl (C=O) groups excluding carboxylic acids is 2. The van der Waals surface area contributed by atoms with Gasteiger partial charge in [-0.3, -0.25) is 9.59 Å². The molecule has 0 spiro atoms. The van der Waals surface area contributed by atoms with Crippen molar-refractivity contribution in [2.45, 2.75) is 18.1 Å². The molecule has 74 valence electrons. The molecule has 0 radical (unpaired) electrons. The summed E-state index contributed by atoms with van der Waals surface area (Å²) in [6.45, 7) is -0.0214. The number of nitrogens with one attached hydrogen (secondary N) is 1. The molecule has 1 amide bonds. The van der Waals surface area contributed by atoms with E-state index in [0.717, 1.165) is 18.6 Å². The standard InChI is InChI=1S/C8H13NO3S/c1-12-7(10)5-9-8(11)6-3-2-4-13-6/h6H,2-5H2,1H3,(H,9,11). The Balaban J connectivity index is 2.20. The molecule has 1 fully saturated rings. The Hall–Kier alpha value is -0.710. The van der Waals surface area contributed by atoms with Gasteiger partial charge in [-0.05, 0) is 18.6 Å². The van der Waals surface area contributed by atoms with Gasteiger partial charge in [-0.1, -0.05) is 0 Å². The summed E-state index contributed by atoms with van der Waals surface area (Å²) in [6, 6.07) is 0. The maximum Gasteiger partial charge on any atom is 0.325 e. The Labute approximate surface area is 81.4 Å². The van der Waals surface area contributed by atoms with Crippen LogP contribution in [0.5, 0.6) is 0 Å². The summed E-state index contributed by atoms with van der Waals surface area (Å²) in [7, 11) is 1.30. The molecule has 1 heterocycles. The first-order valence-electron chi connectivity index (χ1n) is 4.20. The summed E-state index contributed by atoms with van der Waals surface area (Å²) in [5.41, 5.74) is 0. The van der Waals surface area contributed by atoms with Gasteiger partial charge in [0.05, 0.1) is 12.4 Å². The number of hydrogen-bond donors (Lipinski definition) is 1. The van der Waals surface area contributed by atoms with Gasteiger partial charge in [0.1, 0.15) is 6.54 Å². The second kappa shape index (κ2) is 5.11. The molecule has 0 aromatic carbocycles. The number of ether oxygens (including phenoxy) is 1. The average molecular weight is 203 g/mol. The molecule has 1 unspecified atom stereocenters. The number of methoxy groups -OCH3 is 1. The highest BCUT2D eigenvalue weighted by Gasteiger charge is 2.23. The molecule has 1 rings (SSSR count). The van der Waals surface area contributed by atoms with E-state index in [1.165, 1.54) is 7.11 Å². The van der Waals surface area contributed by atoms with Crippen LogP contribution in [-0.2, 0) is 14.3 Å². The Morgan fingerprint density at radius 2 is 2.38 bits per heavy atom. The number of rotatable bonds is 3. The van der Waals surface area contributed by atoms with Crippen molar-refractivity contribution in [3.63, 3.8) is 0 Å². The zero-order chi connectivity index (χ0) is 9.68. The van der Waals surface area contributed by atoms with Gasteiger partial charge in [0.25, 0.3) is 0 Å². The SMILES string of the molecule is COC(=O)CNC(=O)C1CCCS1. The van der Waals surface area contributed by atoms with Crippen LogP contribution in [0.3, 0.4) is 0 Å². The quantitative estimate of drug-likeness (QED) is 0.664. The van der Waals surface area contributed by atoms with Gasteiger partial charge >= 0.3 is 5.97 Å². The third-order valence-corrected chi connectivity index (χ3v) is 3.23. The maximum atomic E-state index is 11.3. The molecular formula is C8H13NO3S. The lowest BCUT2D eigenvalue weighted by Crippen LogP contribution is -2.35. The van der Waals surface area contributed by atoms with Crippen molar-refractivity contribution in [3.05, 3.63) is 0 Å². The van der Waals surface area contributed by atoms with Crippen LogP contribution in [-0.4, -0.2) is 36.5 Å². The maximum absolute atomic E-state index is 11.3. The first-order chi connectivity index (χ1) is 6.24. The highest BCUT2D eigenvalue weighted by molar-refractivity contribution is 8.00. The topological polar surface area (TPSA) is 55.4 Å². The van der Waals surface area contributed by atoms with Crippen molar-refractivity contribution in [2.75, 3.05) is 19.4 Å². The van der Waals surface area contributed by atoms with Gasteiger partial charge < -0.3 is 10.1 Å². The van der Waals surface area contributed by atoms with Crippen LogP contribution in [0.4, 0.5) is 0 Å². The molecule has 0 bridgehead atoms. The van der Waals surface area contributed by atoms with Crippen LogP contribution in [0.2, 0.25) is 0 Å². The molecule has 0 aromatic rings. The fourth-order valence-corrected chi connectivity index (χ4v) is 2.32. The van der Waals surface area contributed by atoms with Crippen molar-refractivity contribution in [3.8, 4) is 0 Å². The van der Waals surface area contributed by atoms with E-state index in [-0.39, 0.29) is 17.7 Å². The molecule has 1 N–H and O–H groups in total. The van der Waals surface area contributed by atoms with E-state index < -0.39 is 5.97 Å². The van der Waals surface area contributed by atoms with Crippen LogP contribution in [0.15, 0.2) is 0 Å². The molecule has 1 aliphatic heterocycles. The second-order valence-electron chi connectivity index (χ2n) is 2.80. The van der Waals surface area contributed by atoms with Gasteiger partial charge in [0.2, 0.25) is 5.91 Å². The third-order valence-electron chi connectivity index (χ3n) is 1.86. The van der Waals surface area contributed by atoms with E-state index in [4.69, 9.17) is 0 Å². The molecule has 5 heteroatoms. The Morgan fingerprint density at radius 3 is 2.92 bits per heavy atom. The zero-order valence-electron chi connectivity index (χ0n) is 7.54. The van der Waals surface area contributed by atoms with Crippen molar-refractivity contribution in [1.82, 2.24) is 5.32 Å². The Bertz CT molecular complexity index is 202. The van der Waals surface area contributed by atoms with Gasteiger partial charge in [-0.25, -0.2) is 0 Å². The van der Waals surface area contributed by atoms with E-state index in [1.54, 1.807) is 11.8 Å². The first kappa shape index (κ1) is 10.4. The average Bonchev–Trinajstić information content (AvgIpc) is 2.66. The molecule has 1 saturated heterocycles. The number of carbonyl (C=O) groups is 2. The predicted molar refractivity (Wildman–Crippen MR) is 50.5 cm³/mol. The predicted octanol–water partition coefficient (Wildman–Crippen LogP) is 0.171. The summed E-state index contributed by atoms with van der Waals surface area (Å²) in [4.78, 5) is 22.0. The molecule has 4 nitrogen and oxygen atoms in total. The highest BCUT2D eigenvalue weighted by atomic mass is 32.2. The third kappa shape index (κ3) is 3.26. The normalized spacial score (nSPS) is 21.2. The van der Waals surface area contributed by atoms with Gasteiger partial charge in [-0.15, -0.1) is 11.8 Å². The first-order valence-corrected chi connectivity index (χ1v) is 5.25.